The predicted molar refractivity (Wildman–Crippen MR) is 59.4 cm³/mol. The van der Waals surface area contributed by atoms with Gasteiger partial charge >= 0.3 is 5.97 Å². The fraction of sp³-hybridized carbons (Fsp3) is 0.300. The minimum atomic E-state index is -0.919. The van der Waals surface area contributed by atoms with Crippen LogP contribution in [0.5, 0.6) is 0 Å². The van der Waals surface area contributed by atoms with Crippen LogP contribution in [0.4, 0.5) is 10.1 Å². The number of aliphatic carboxylic acids is 1. The molecule has 1 rings (SSSR count). The van der Waals surface area contributed by atoms with Crippen molar-refractivity contribution in [3.05, 3.63) is 28.5 Å². The monoisotopic (exact) mass is 275 g/mol. The molecule has 0 aliphatic heterocycles. The maximum absolute atomic E-state index is 12.9. The fourth-order valence-electron chi connectivity index (χ4n) is 1.13. The predicted octanol–water partition coefficient (Wildman–Crippen LogP) is 2.86. The van der Waals surface area contributed by atoms with Crippen molar-refractivity contribution in [3.63, 3.8) is 0 Å². The Kier molecular flexibility index (Phi) is 4.08. The van der Waals surface area contributed by atoms with Gasteiger partial charge in [0, 0.05) is 5.69 Å². The van der Waals surface area contributed by atoms with Gasteiger partial charge in [0.1, 0.15) is 11.9 Å². The number of halogens is 2. The number of carboxylic acid groups (broad SMARTS) is 1. The molecule has 0 aliphatic carbocycles. The molecular weight excluding hydrogens is 265 g/mol. The standard InChI is InChI=1S/C10H11BrFNO2/c1-2-9(10(14)15)13-6-3-4-8(12)7(11)5-6/h3-5,9,13H,2H2,1H3,(H,14,15). The average molecular weight is 276 g/mol. The Morgan fingerprint density at radius 1 is 1.67 bits per heavy atom. The maximum atomic E-state index is 12.9. The maximum Gasteiger partial charge on any atom is 0.326 e. The first kappa shape index (κ1) is 12.0. The van der Waals surface area contributed by atoms with Crippen LogP contribution < -0.4 is 5.32 Å². The average Bonchev–Trinajstić information content (AvgIpc) is 2.19. The highest BCUT2D eigenvalue weighted by molar-refractivity contribution is 9.10. The van der Waals surface area contributed by atoms with Crippen molar-refractivity contribution in [2.45, 2.75) is 19.4 Å². The summed E-state index contributed by atoms with van der Waals surface area (Å²) in [4.78, 5) is 10.7. The minimum Gasteiger partial charge on any atom is -0.480 e. The smallest absolute Gasteiger partial charge is 0.326 e. The number of anilines is 1. The van der Waals surface area contributed by atoms with Gasteiger partial charge in [0.25, 0.3) is 0 Å². The first-order valence-corrected chi connectivity index (χ1v) is 5.28. The van der Waals surface area contributed by atoms with Crippen LogP contribution in [-0.4, -0.2) is 17.1 Å². The summed E-state index contributed by atoms with van der Waals surface area (Å²) in [6.45, 7) is 1.77. The lowest BCUT2D eigenvalue weighted by atomic mass is 10.2. The number of nitrogens with one attached hydrogen (secondary N) is 1. The number of hydrogen-bond donors (Lipinski definition) is 2. The second-order valence-corrected chi connectivity index (χ2v) is 3.93. The second-order valence-electron chi connectivity index (χ2n) is 3.07. The van der Waals surface area contributed by atoms with Gasteiger partial charge in [0.15, 0.2) is 0 Å². The Labute approximate surface area is 95.4 Å². The molecule has 0 fully saturated rings. The summed E-state index contributed by atoms with van der Waals surface area (Å²) in [7, 11) is 0. The van der Waals surface area contributed by atoms with E-state index in [1.54, 1.807) is 6.92 Å². The molecule has 0 spiro atoms. The Balaban J connectivity index is 2.80. The Bertz CT molecular complexity index is 370. The molecule has 2 N–H and O–H groups in total. The molecule has 0 aromatic heterocycles. The van der Waals surface area contributed by atoms with Crippen molar-refractivity contribution in [1.82, 2.24) is 0 Å². The van der Waals surface area contributed by atoms with E-state index in [-0.39, 0.29) is 5.82 Å². The van der Waals surface area contributed by atoms with Crippen molar-refractivity contribution >= 4 is 27.6 Å². The van der Waals surface area contributed by atoms with E-state index in [9.17, 15) is 9.18 Å². The summed E-state index contributed by atoms with van der Waals surface area (Å²) in [6, 6.07) is 3.65. The lowest BCUT2D eigenvalue weighted by Crippen LogP contribution is -2.28. The molecule has 3 nitrogen and oxygen atoms in total. The SMILES string of the molecule is CCC(Nc1ccc(F)c(Br)c1)C(=O)O. The van der Waals surface area contributed by atoms with Gasteiger partial charge in [0.2, 0.25) is 0 Å². The van der Waals surface area contributed by atoms with E-state index in [0.29, 0.717) is 16.6 Å². The van der Waals surface area contributed by atoms with Gasteiger partial charge in [-0.2, -0.15) is 0 Å². The van der Waals surface area contributed by atoms with Crippen molar-refractivity contribution in [1.29, 1.82) is 0 Å². The van der Waals surface area contributed by atoms with Gasteiger partial charge in [-0.05, 0) is 40.5 Å². The molecule has 0 saturated carbocycles. The normalized spacial score (nSPS) is 12.2. The Morgan fingerprint density at radius 3 is 2.80 bits per heavy atom. The second kappa shape index (κ2) is 5.11. The molecule has 0 bridgehead atoms. The highest BCUT2D eigenvalue weighted by atomic mass is 79.9. The molecule has 1 aromatic carbocycles. The number of carbonyl (C=O) groups is 1. The third-order valence-electron chi connectivity index (χ3n) is 1.97. The van der Waals surface area contributed by atoms with Gasteiger partial charge in [-0.25, -0.2) is 9.18 Å². The largest absolute Gasteiger partial charge is 0.480 e. The summed E-state index contributed by atoms with van der Waals surface area (Å²) in [5.41, 5.74) is 0.581. The molecule has 82 valence electrons. The summed E-state index contributed by atoms with van der Waals surface area (Å²) < 4.78 is 13.2. The zero-order chi connectivity index (χ0) is 11.4. The third-order valence-corrected chi connectivity index (χ3v) is 2.57. The van der Waals surface area contributed by atoms with Gasteiger partial charge in [-0.3, -0.25) is 0 Å². The van der Waals surface area contributed by atoms with Crippen LogP contribution in [0.1, 0.15) is 13.3 Å². The summed E-state index contributed by atoms with van der Waals surface area (Å²) in [6.07, 6.45) is 0.463. The topological polar surface area (TPSA) is 49.3 Å². The molecule has 0 aliphatic rings. The van der Waals surface area contributed by atoms with Crippen molar-refractivity contribution in [3.8, 4) is 0 Å². The van der Waals surface area contributed by atoms with Crippen LogP contribution in [0.3, 0.4) is 0 Å². The van der Waals surface area contributed by atoms with E-state index < -0.39 is 12.0 Å². The van der Waals surface area contributed by atoms with Crippen LogP contribution >= 0.6 is 15.9 Å². The first-order chi connectivity index (χ1) is 7.04. The van der Waals surface area contributed by atoms with E-state index in [2.05, 4.69) is 21.2 Å². The van der Waals surface area contributed by atoms with Crippen LogP contribution in [0.25, 0.3) is 0 Å². The van der Waals surface area contributed by atoms with Gasteiger partial charge in [-0.1, -0.05) is 6.92 Å². The lowest BCUT2D eigenvalue weighted by Gasteiger charge is -2.13. The van der Waals surface area contributed by atoms with Gasteiger partial charge < -0.3 is 10.4 Å². The Morgan fingerprint density at radius 2 is 2.33 bits per heavy atom. The molecular formula is C10H11BrFNO2. The van der Waals surface area contributed by atoms with Gasteiger partial charge in [0.05, 0.1) is 4.47 Å². The van der Waals surface area contributed by atoms with E-state index in [1.807, 2.05) is 0 Å². The van der Waals surface area contributed by atoms with Crippen LogP contribution in [0.2, 0.25) is 0 Å². The van der Waals surface area contributed by atoms with Crippen LogP contribution in [0, 0.1) is 5.82 Å². The third kappa shape index (κ3) is 3.20. The highest BCUT2D eigenvalue weighted by Crippen LogP contribution is 2.20. The summed E-state index contributed by atoms with van der Waals surface area (Å²) in [5, 5.41) is 11.6. The molecule has 1 atom stereocenters. The fourth-order valence-corrected chi connectivity index (χ4v) is 1.50. The number of rotatable bonds is 4. The van der Waals surface area contributed by atoms with E-state index in [1.165, 1.54) is 18.2 Å². The van der Waals surface area contributed by atoms with E-state index in [4.69, 9.17) is 5.11 Å². The molecule has 0 amide bonds. The van der Waals surface area contributed by atoms with Crippen LogP contribution in [0.15, 0.2) is 22.7 Å². The quantitative estimate of drug-likeness (QED) is 0.889. The molecule has 0 saturated heterocycles. The molecule has 1 aromatic rings. The molecule has 15 heavy (non-hydrogen) atoms. The summed E-state index contributed by atoms with van der Waals surface area (Å²) in [5.74, 6) is -1.29. The zero-order valence-electron chi connectivity index (χ0n) is 8.13. The Hall–Kier alpha value is -1.10. The zero-order valence-corrected chi connectivity index (χ0v) is 9.71. The van der Waals surface area contributed by atoms with Gasteiger partial charge in [-0.15, -0.1) is 0 Å². The molecule has 5 heteroatoms. The van der Waals surface area contributed by atoms with Crippen molar-refractivity contribution < 1.29 is 14.3 Å². The lowest BCUT2D eigenvalue weighted by molar-refractivity contribution is -0.137. The first-order valence-electron chi connectivity index (χ1n) is 4.49. The van der Waals surface area contributed by atoms with E-state index in [0.717, 1.165) is 0 Å². The number of carboxylic acids is 1. The highest BCUT2D eigenvalue weighted by Gasteiger charge is 2.14. The number of benzene rings is 1. The van der Waals surface area contributed by atoms with E-state index >= 15 is 0 Å². The van der Waals surface area contributed by atoms with Crippen molar-refractivity contribution in [2.24, 2.45) is 0 Å². The van der Waals surface area contributed by atoms with Crippen LogP contribution in [-0.2, 0) is 4.79 Å². The molecule has 0 heterocycles. The summed E-state index contributed by atoms with van der Waals surface area (Å²) >= 11 is 3.03. The number of hydrogen-bond acceptors (Lipinski definition) is 2. The molecule has 0 radical (unpaired) electrons. The molecule has 1 unspecified atom stereocenters. The van der Waals surface area contributed by atoms with Crippen molar-refractivity contribution in [2.75, 3.05) is 5.32 Å². The minimum absolute atomic E-state index is 0.313.